The van der Waals surface area contributed by atoms with Crippen LogP contribution in [0.2, 0.25) is 0 Å². The number of fused-ring (bicyclic) bond motifs is 1. The van der Waals surface area contributed by atoms with Gasteiger partial charge in [0.1, 0.15) is 11.9 Å². The van der Waals surface area contributed by atoms with E-state index in [0.29, 0.717) is 11.8 Å². The Bertz CT molecular complexity index is 1430. The second kappa shape index (κ2) is 13.7. The smallest absolute Gasteiger partial charge is 0.490 e. The van der Waals surface area contributed by atoms with Gasteiger partial charge in [-0.05, 0) is 30.5 Å². The average Bonchev–Trinajstić information content (AvgIpc) is 3.83. The van der Waals surface area contributed by atoms with Gasteiger partial charge in [0.2, 0.25) is 0 Å². The summed E-state index contributed by atoms with van der Waals surface area (Å²) in [6.07, 6.45) is -0.238. The summed E-state index contributed by atoms with van der Waals surface area (Å²) in [5.74, 6) is -0.514. The minimum Gasteiger partial charge on any atom is -0.497 e. The zero-order chi connectivity index (χ0) is 31.3. The normalized spacial score (nSPS) is 17.2. The molecule has 236 valence electrons. The maximum atomic E-state index is 14.4. The second-order valence-corrected chi connectivity index (χ2v) is 11.1. The molecule has 3 aromatic rings. The zero-order valence-electron chi connectivity index (χ0n) is 24.3. The third kappa shape index (κ3) is 8.28. The van der Waals surface area contributed by atoms with Crippen LogP contribution in [0.1, 0.15) is 42.6 Å². The third-order valence-corrected chi connectivity index (χ3v) is 7.65. The van der Waals surface area contributed by atoms with Gasteiger partial charge >= 0.3 is 12.1 Å². The van der Waals surface area contributed by atoms with Crippen molar-refractivity contribution in [2.75, 3.05) is 37.0 Å². The number of aliphatic carboxylic acids is 1. The molecule has 0 bridgehead atoms. The summed E-state index contributed by atoms with van der Waals surface area (Å²) < 4.78 is 57.2. The van der Waals surface area contributed by atoms with Crippen LogP contribution in [0.5, 0.6) is 11.5 Å². The number of methoxy groups -OCH3 is 1. The van der Waals surface area contributed by atoms with Crippen molar-refractivity contribution in [3.63, 3.8) is 0 Å². The molecule has 44 heavy (non-hydrogen) atoms. The van der Waals surface area contributed by atoms with Crippen molar-refractivity contribution in [3.8, 4) is 11.5 Å². The van der Waals surface area contributed by atoms with Crippen molar-refractivity contribution in [2.45, 2.75) is 63.5 Å². The van der Waals surface area contributed by atoms with Crippen LogP contribution in [-0.2, 0) is 24.3 Å². The molecule has 13 heteroatoms. The Balaban J connectivity index is 0.000000493. The Morgan fingerprint density at radius 3 is 2.34 bits per heavy atom. The van der Waals surface area contributed by atoms with Crippen molar-refractivity contribution in [2.24, 2.45) is 0 Å². The lowest BCUT2D eigenvalue weighted by Crippen LogP contribution is -2.40. The van der Waals surface area contributed by atoms with E-state index in [1.807, 2.05) is 0 Å². The quantitative estimate of drug-likeness (QED) is 0.320. The molecule has 2 fully saturated rings. The fraction of sp³-hybridized carbons (Fsp3) is 0.452. The summed E-state index contributed by atoms with van der Waals surface area (Å²) in [5, 5.41) is 10.8. The monoisotopic (exact) mass is 617 g/mol. The van der Waals surface area contributed by atoms with E-state index in [-0.39, 0.29) is 17.7 Å². The van der Waals surface area contributed by atoms with Gasteiger partial charge in [-0.2, -0.15) is 13.2 Å². The average molecular weight is 618 g/mol. The minimum atomic E-state index is -5.08. The summed E-state index contributed by atoms with van der Waals surface area (Å²) in [5.41, 5.74) is 3.52. The molecule has 3 aliphatic rings. The van der Waals surface area contributed by atoms with Crippen molar-refractivity contribution >= 4 is 17.6 Å². The first kappa shape index (κ1) is 31.3. The number of aromatic nitrogens is 2. The largest absolute Gasteiger partial charge is 0.497 e. The Morgan fingerprint density at radius 1 is 1.02 bits per heavy atom. The zero-order valence-corrected chi connectivity index (χ0v) is 24.3. The van der Waals surface area contributed by atoms with E-state index in [9.17, 15) is 17.6 Å². The number of alkyl halides is 3. The Labute approximate surface area is 252 Å². The SMILES string of the molecule is COc1ccc(OC2CCN(c3nc4c(nc3NC3CC3)CN(Cc3ccccc3)CC4)CC2)c(F)c1.O=C(O)C(F)(F)F. The Morgan fingerprint density at radius 2 is 1.73 bits per heavy atom. The van der Waals surface area contributed by atoms with Crippen LogP contribution >= 0.6 is 0 Å². The molecule has 9 nitrogen and oxygen atoms in total. The number of benzene rings is 2. The highest BCUT2D eigenvalue weighted by atomic mass is 19.4. The van der Waals surface area contributed by atoms with Crippen molar-refractivity contribution in [1.82, 2.24) is 14.9 Å². The van der Waals surface area contributed by atoms with E-state index in [1.54, 1.807) is 12.1 Å². The Hall–Kier alpha value is -4.13. The number of hydrogen-bond donors (Lipinski definition) is 2. The summed E-state index contributed by atoms with van der Waals surface area (Å²) in [6.45, 7) is 4.33. The van der Waals surface area contributed by atoms with Crippen molar-refractivity contribution in [3.05, 3.63) is 71.3 Å². The van der Waals surface area contributed by atoms with Crippen LogP contribution in [0.4, 0.5) is 29.2 Å². The van der Waals surface area contributed by atoms with E-state index >= 15 is 0 Å². The van der Waals surface area contributed by atoms with Gasteiger partial charge in [-0.25, -0.2) is 19.2 Å². The summed E-state index contributed by atoms with van der Waals surface area (Å²) in [4.78, 5) is 24.0. The fourth-order valence-corrected chi connectivity index (χ4v) is 5.16. The van der Waals surface area contributed by atoms with E-state index in [4.69, 9.17) is 29.3 Å². The molecular weight excluding hydrogens is 582 g/mol. The maximum absolute atomic E-state index is 14.4. The lowest BCUT2D eigenvalue weighted by atomic mass is 10.1. The molecule has 2 N–H and O–H groups in total. The molecule has 0 spiro atoms. The molecule has 1 saturated carbocycles. The molecule has 2 aliphatic heterocycles. The van der Waals surface area contributed by atoms with Gasteiger partial charge in [0.05, 0.1) is 18.5 Å². The molecule has 1 aromatic heterocycles. The van der Waals surface area contributed by atoms with Crippen LogP contribution in [0.15, 0.2) is 48.5 Å². The number of carbonyl (C=O) groups is 1. The number of piperidine rings is 1. The van der Waals surface area contributed by atoms with Gasteiger partial charge in [0, 0.05) is 64.1 Å². The number of rotatable bonds is 8. The summed E-state index contributed by atoms with van der Waals surface area (Å²) in [6, 6.07) is 15.8. The second-order valence-electron chi connectivity index (χ2n) is 11.1. The molecule has 1 aliphatic carbocycles. The van der Waals surface area contributed by atoms with Gasteiger partial charge in [0.25, 0.3) is 0 Å². The van der Waals surface area contributed by atoms with Gasteiger partial charge in [-0.15, -0.1) is 0 Å². The molecule has 6 rings (SSSR count). The molecule has 0 atom stereocenters. The topological polar surface area (TPSA) is 100 Å². The minimum absolute atomic E-state index is 0.0314. The molecule has 0 amide bonds. The number of halogens is 4. The molecule has 1 saturated heterocycles. The number of carboxylic acids is 1. The predicted octanol–water partition coefficient (Wildman–Crippen LogP) is 5.44. The Kier molecular flexibility index (Phi) is 9.72. The van der Waals surface area contributed by atoms with E-state index in [0.717, 1.165) is 75.0 Å². The molecule has 3 heterocycles. The number of nitrogens with zero attached hydrogens (tertiary/aromatic N) is 4. The number of ether oxygens (including phenoxy) is 2. The lowest BCUT2D eigenvalue weighted by Gasteiger charge is -2.35. The summed E-state index contributed by atoms with van der Waals surface area (Å²) >= 11 is 0. The van der Waals surface area contributed by atoms with E-state index < -0.39 is 12.1 Å². The van der Waals surface area contributed by atoms with E-state index in [1.165, 1.54) is 31.6 Å². The molecule has 0 unspecified atom stereocenters. The number of carboxylic acid groups (broad SMARTS) is 1. The first-order chi connectivity index (χ1) is 21.1. The van der Waals surface area contributed by atoms with Gasteiger partial charge < -0.3 is 24.8 Å². The van der Waals surface area contributed by atoms with Crippen LogP contribution in [0.3, 0.4) is 0 Å². The summed E-state index contributed by atoms with van der Waals surface area (Å²) in [7, 11) is 1.53. The standard InChI is InChI=1S/C29H34FN5O2.C2HF3O2/c1-36-23-9-10-27(24(30)17-23)37-22-11-15-35(16-12-22)29-28(31-21-7-8-21)32-26-19-34(14-13-25(26)33-29)18-20-5-3-2-4-6-20;3-2(4,5)1(6)7/h2-6,9-10,17,21-22H,7-8,11-16,18-19H2,1H3,(H,31,32);(H,6,7). The third-order valence-electron chi connectivity index (χ3n) is 7.65. The first-order valence-corrected chi connectivity index (χ1v) is 14.6. The highest BCUT2D eigenvalue weighted by molar-refractivity contribution is 5.73. The van der Waals surface area contributed by atoms with Crippen LogP contribution in [-0.4, -0.2) is 71.0 Å². The highest BCUT2D eigenvalue weighted by Crippen LogP contribution is 2.34. The maximum Gasteiger partial charge on any atom is 0.490 e. The highest BCUT2D eigenvalue weighted by Gasteiger charge is 2.38. The molecule has 0 radical (unpaired) electrons. The molecular formula is C31H35F4N5O4. The van der Waals surface area contributed by atoms with Gasteiger partial charge in [-0.3, -0.25) is 4.90 Å². The number of anilines is 2. The van der Waals surface area contributed by atoms with Crippen molar-refractivity contribution in [1.29, 1.82) is 0 Å². The predicted molar refractivity (Wildman–Crippen MR) is 155 cm³/mol. The number of hydrogen-bond acceptors (Lipinski definition) is 8. The lowest BCUT2D eigenvalue weighted by molar-refractivity contribution is -0.192. The fourth-order valence-electron chi connectivity index (χ4n) is 5.16. The van der Waals surface area contributed by atoms with Crippen LogP contribution in [0, 0.1) is 5.82 Å². The van der Waals surface area contributed by atoms with Crippen LogP contribution < -0.4 is 19.7 Å². The van der Waals surface area contributed by atoms with E-state index in [2.05, 4.69) is 45.4 Å². The molecule has 2 aromatic carbocycles. The van der Waals surface area contributed by atoms with Crippen LogP contribution in [0.25, 0.3) is 0 Å². The van der Waals surface area contributed by atoms with Gasteiger partial charge in [0.15, 0.2) is 23.2 Å². The number of nitrogens with one attached hydrogen (secondary N) is 1. The van der Waals surface area contributed by atoms with Crippen molar-refractivity contribution < 1.29 is 36.9 Å². The van der Waals surface area contributed by atoms with Gasteiger partial charge in [-0.1, -0.05) is 30.3 Å². The first-order valence-electron chi connectivity index (χ1n) is 14.6.